The fraction of sp³-hybridized carbons (Fsp3) is 0.227. The Morgan fingerprint density at radius 2 is 1.78 bits per heavy atom. The summed E-state index contributed by atoms with van der Waals surface area (Å²) in [4.78, 5) is 11.9. The zero-order valence-corrected chi connectivity index (χ0v) is 18.8. The van der Waals surface area contributed by atoms with Gasteiger partial charge in [-0.3, -0.25) is 0 Å². The summed E-state index contributed by atoms with van der Waals surface area (Å²) in [6.07, 6.45) is 1.37. The van der Waals surface area contributed by atoms with Gasteiger partial charge in [-0.2, -0.15) is 0 Å². The zero-order chi connectivity index (χ0) is 23.3. The number of carbonyl (C=O) groups is 1. The van der Waals surface area contributed by atoms with Crippen LogP contribution in [0, 0.1) is 0 Å². The molecule has 168 valence electrons. The van der Waals surface area contributed by atoms with Crippen molar-refractivity contribution in [3.05, 3.63) is 46.9 Å². The Kier molecular flexibility index (Phi) is 7.26. The number of nitrogens with zero attached hydrogens (tertiary/aromatic N) is 3. The van der Waals surface area contributed by atoms with E-state index in [1.165, 1.54) is 13.2 Å². The fourth-order valence-electron chi connectivity index (χ4n) is 2.99. The number of phenols is 1. The van der Waals surface area contributed by atoms with Gasteiger partial charge in [0.05, 0.1) is 21.3 Å². The molecule has 2 aromatic carbocycles. The molecule has 3 rings (SSSR count). The Morgan fingerprint density at radius 1 is 1.09 bits per heavy atom. The maximum atomic E-state index is 11.9. The van der Waals surface area contributed by atoms with Gasteiger partial charge in [0, 0.05) is 23.7 Å². The van der Waals surface area contributed by atoms with E-state index < -0.39 is 5.97 Å². The topological polar surface area (TPSA) is 116 Å². The van der Waals surface area contributed by atoms with Gasteiger partial charge in [0.15, 0.2) is 22.5 Å². The molecule has 0 aliphatic rings. The highest BCUT2D eigenvalue weighted by atomic mass is 32.2. The van der Waals surface area contributed by atoms with Gasteiger partial charge in [-0.15, -0.1) is 10.2 Å². The number of aromatic hydroxyl groups is 1. The number of benzene rings is 2. The molecule has 0 saturated heterocycles. The van der Waals surface area contributed by atoms with Gasteiger partial charge in [0.2, 0.25) is 0 Å². The third-order valence-corrected chi connectivity index (χ3v) is 5.59. The SMILES string of the molecule is CCn1c(S/C(=C\c2cccc(OC)c2O)C(=O)O)nnc1-c1cc(OC)cc(OC)c1. The molecule has 0 unspecified atom stereocenters. The van der Waals surface area contributed by atoms with E-state index in [2.05, 4.69) is 10.2 Å². The second-order valence-electron chi connectivity index (χ2n) is 6.47. The molecule has 3 aromatic rings. The van der Waals surface area contributed by atoms with Crippen LogP contribution in [0.4, 0.5) is 0 Å². The van der Waals surface area contributed by atoms with Crippen molar-refractivity contribution in [3.63, 3.8) is 0 Å². The number of aromatic nitrogens is 3. The second-order valence-corrected chi connectivity index (χ2v) is 7.47. The van der Waals surface area contributed by atoms with Crippen molar-refractivity contribution in [1.29, 1.82) is 0 Å². The summed E-state index contributed by atoms with van der Waals surface area (Å²) >= 11 is 0.937. The quantitative estimate of drug-likeness (QED) is 0.364. The number of hydrogen-bond donors (Lipinski definition) is 2. The highest BCUT2D eigenvalue weighted by Crippen LogP contribution is 2.36. The molecule has 10 heteroatoms. The molecule has 2 N–H and O–H groups in total. The minimum absolute atomic E-state index is 0.0366. The van der Waals surface area contributed by atoms with Crippen LogP contribution < -0.4 is 14.2 Å². The van der Waals surface area contributed by atoms with E-state index in [4.69, 9.17) is 14.2 Å². The molecule has 1 aromatic heterocycles. The van der Waals surface area contributed by atoms with Crippen LogP contribution in [-0.4, -0.2) is 52.3 Å². The first-order valence-corrected chi connectivity index (χ1v) is 10.4. The van der Waals surface area contributed by atoms with Crippen LogP contribution >= 0.6 is 11.8 Å². The summed E-state index contributed by atoms with van der Waals surface area (Å²) in [6, 6.07) is 10.2. The minimum atomic E-state index is -1.16. The lowest BCUT2D eigenvalue weighted by Crippen LogP contribution is -2.03. The Bertz CT molecular complexity index is 1140. The largest absolute Gasteiger partial charge is 0.504 e. The van der Waals surface area contributed by atoms with E-state index in [0.717, 1.165) is 11.8 Å². The van der Waals surface area contributed by atoms with Crippen molar-refractivity contribution in [2.75, 3.05) is 21.3 Å². The van der Waals surface area contributed by atoms with Crippen molar-refractivity contribution in [3.8, 4) is 34.4 Å². The summed E-state index contributed by atoms with van der Waals surface area (Å²) in [7, 11) is 4.54. The van der Waals surface area contributed by atoms with E-state index in [9.17, 15) is 15.0 Å². The first-order valence-electron chi connectivity index (χ1n) is 9.57. The van der Waals surface area contributed by atoms with Crippen molar-refractivity contribution in [1.82, 2.24) is 14.8 Å². The molecular formula is C22H23N3O6S. The first kappa shape index (κ1) is 23.0. The second kappa shape index (κ2) is 10.1. The number of hydrogen-bond acceptors (Lipinski definition) is 8. The normalized spacial score (nSPS) is 11.3. The van der Waals surface area contributed by atoms with E-state index in [-0.39, 0.29) is 16.4 Å². The lowest BCUT2D eigenvalue weighted by Gasteiger charge is -2.11. The number of para-hydroxylation sites is 1. The van der Waals surface area contributed by atoms with Crippen LogP contribution in [0.15, 0.2) is 46.5 Å². The fourth-order valence-corrected chi connectivity index (χ4v) is 3.87. The molecule has 32 heavy (non-hydrogen) atoms. The predicted octanol–water partition coefficient (Wildman–Crippen LogP) is 3.91. The molecular weight excluding hydrogens is 434 g/mol. The van der Waals surface area contributed by atoms with Gasteiger partial charge in [0.1, 0.15) is 16.4 Å². The minimum Gasteiger partial charge on any atom is -0.504 e. The molecule has 0 fully saturated rings. The first-order chi connectivity index (χ1) is 15.4. The van der Waals surface area contributed by atoms with E-state index in [0.29, 0.717) is 40.2 Å². The number of carboxylic acids is 1. The number of carboxylic acid groups (broad SMARTS) is 1. The smallest absolute Gasteiger partial charge is 0.342 e. The van der Waals surface area contributed by atoms with Crippen LogP contribution in [0.3, 0.4) is 0 Å². The standard InChI is InChI=1S/C22H23N3O6S/c1-5-25-20(14-9-15(29-2)12-16(10-14)30-3)23-24-22(25)32-18(21(27)28)11-13-7-6-8-17(31-4)19(13)26/h6-12,26H,5H2,1-4H3,(H,27,28)/b18-11-. The highest BCUT2D eigenvalue weighted by molar-refractivity contribution is 8.04. The molecule has 1 heterocycles. The van der Waals surface area contributed by atoms with E-state index in [1.54, 1.807) is 55.2 Å². The molecule has 0 spiro atoms. The summed E-state index contributed by atoms with van der Waals surface area (Å²) in [5.41, 5.74) is 1.03. The molecule has 0 atom stereocenters. The van der Waals surface area contributed by atoms with Crippen molar-refractivity contribution in [2.45, 2.75) is 18.6 Å². The van der Waals surface area contributed by atoms with Gasteiger partial charge >= 0.3 is 5.97 Å². The maximum absolute atomic E-state index is 11.9. The molecule has 0 amide bonds. The summed E-state index contributed by atoms with van der Waals surface area (Å²) in [5, 5.41) is 28.9. The molecule has 0 aliphatic carbocycles. The number of aliphatic carboxylic acids is 1. The number of methoxy groups -OCH3 is 3. The third-order valence-electron chi connectivity index (χ3n) is 4.59. The van der Waals surface area contributed by atoms with Crippen LogP contribution in [0.5, 0.6) is 23.0 Å². The van der Waals surface area contributed by atoms with Gasteiger partial charge < -0.3 is 29.0 Å². The van der Waals surface area contributed by atoms with Gasteiger partial charge in [-0.1, -0.05) is 12.1 Å². The lowest BCUT2D eigenvalue weighted by atomic mass is 10.1. The zero-order valence-electron chi connectivity index (χ0n) is 18.0. The van der Waals surface area contributed by atoms with Crippen LogP contribution in [0.25, 0.3) is 17.5 Å². The number of rotatable bonds is 9. The average Bonchev–Trinajstić information content (AvgIpc) is 3.21. The van der Waals surface area contributed by atoms with Crippen molar-refractivity contribution < 1.29 is 29.2 Å². The Labute approximate surface area is 189 Å². The van der Waals surface area contributed by atoms with Gasteiger partial charge in [0.25, 0.3) is 0 Å². The predicted molar refractivity (Wildman–Crippen MR) is 120 cm³/mol. The molecule has 9 nitrogen and oxygen atoms in total. The Hall–Kier alpha value is -3.66. The Morgan fingerprint density at radius 3 is 2.34 bits per heavy atom. The molecule has 0 radical (unpaired) electrons. The Balaban J connectivity index is 2.02. The van der Waals surface area contributed by atoms with Crippen molar-refractivity contribution in [2.24, 2.45) is 0 Å². The summed E-state index contributed by atoms with van der Waals surface area (Å²) in [6.45, 7) is 2.41. The lowest BCUT2D eigenvalue weighted by molar-refractivity contribution is -0.131. The number of ether oxygens (including phenoxy) is 3. The monoisotopic (exact) mass is 457 g/mol. The highest BCUT2D eigenvalue weighted by Gasteiger charge is 2.20. The molecule has 0 saturated carbocycles. The van der Waals surface area contributed by atoms with Crippen LogP contribution in [0.1, 0.15) is 12.5 Å². The van der Waals surface area contributed by atoms with E-state index in [1.807, 2.05) is 6.92 Å². The van der Waals surface area contributed by atoms with Crippen LogP contribution in [-0.2, 0) is 11.3 Å². The molecule has 0 bridgehead atoms. The molecule has 0 aliphatic heterocycles. The number of thioether (sulfide) groups is 1. The third kappa shape index (κ3) is 4.80. The maximum Gasteiger partial charge on any atom is 0.342 e. The average molecular weight is 458 g/mol. The summed E-state index contributed by atoms with van der Waals surface area (Å²) in [5.74, 6) is 0.682. The summed E-state index contributed by atoms with van der Waals surface area (Å²) < 4.78 is 17.5. The van der Waals surface area contributed by atoms with Crippen LogP contribution in [0.2, 0.25) is 0 Å². The van der Waals surface area contributed by atoms with Gasteiger partial charge in [-0.25, -0.2) is 4.79 Å². The van der Waals surface area contributed by atoms with E-state index >= 15 is 0 Å². The van der Waals surface area contributed by atoms with Crippen molar-refractivity contribution >= 4 is 23.8 Å². The van der Waals surface area contributed by atoms with Gasteiger partial charge in [-0.05, 0) is 43.0 Å². The number of phenolic OH excluding ortho intramolecular Hbond substituents is 1.